The summed E-state index contributed by atoms with van der Waals surface area (Å²) in [6.07, 6.45) is -20.1. The van der Waals surface area contributed by atoms with Crippen LogP contribution < -0.4 is 5.73 Å². The summed E-state index contributed by atoms with van der Waals surface area (Å²) < 4.78 is 148. The first kappa shape index (κ1) is 47.4. The Hall–Kier alpha value is -3.55. The van der Waals surface area contributed by atoms with Crippen molar-refractivity contribution in [3.05, 3.63) is 63.9 Å². The molecule has 0 aliphatic rings. The van der Waals surface area contributed by atoms with E-state index in [1.54, 1.807) is 39.0 Å². The van der Waals surface area contributed by atoms with Crippen LogP contribution in [0.5, 0.6) is 0 Å². The monoisotopic (exact) mass is 791 g/mol. The predicted octanol–water partition coefficient (Wildman–Crippen LogP) is 9.68. The Kier molecular flexibility index (Phi) is 18.5. The maximum atomic E-state index is 12.3. The summed E-state index contributed by atoms with van der Waals surface area (Å²) >= 11 is 1.31. The maximum Gasteiger partial charge on any atom is 0.450 e. The van der Waals surface area contributed by atoms with Gasteiger partial charge in [-0.15, -0.1) is 23.5 Å². The minimum atomic E-state index is -5.02. The second-order valence-corrected chi connectivity index (χ2v) is 12.4. The Morgan fingerprint density at radius 3 is 1.59 bits per heavy atom. The highest BCUT2D eigenvalue weighted by molar-refractivity contribution is 7.99. The zero-order valence-electron chi connectivity index (χ0n) is 27.4. The third-order valence-electron chi connectivity index (χ3n) is 5.86. The zero-order valence-corrected chi connectivity index (χ0v) is 29.1. The van der Waals surface area contributed by atoms with Crippen LogP contribution in [0.2, 0.25) is 0 Å². The van der Waals surface area contributed by atoms with Gasteiger partial charge in [0.15, 0.2) is 5.78 Å². The molecule has 0 aliphatic carbocycles. The van der Waals surface area contributed by atoms with E-state index in [2.05, 4.69) is 4.74 Å². The number of esters is 1. The number of halogens is 12. The van der Waals surface area contributed by atoms with Crippen molar-refractivity contribution in [2.75, 3.05) is 23.8 Å². The van der Waals surface area contributed by atoms with Crippen LogP contribution in [0.4, 0.5) is 58.4 Å². The topological polar surface area (TPSA) is 107 Å². The van der Waals surface area contributed by atoms with E-state index in [0.29, 0.717) is 43.9 Å². The van der Waals surface area contributed by atoms with Crippen LogP contribution in [0.15, 0.2) is 45.9 Å². The lowest BCUT2D eigenvalue weighted by Crippen LogP contribution is -2.26. The number of aliphatic hydroxyl groups excluding tert-OH is 1. The van der Waals surface area contributed by atoms with Gasteiger partial charge >= 0.3 is 30.7 Å². The molecule has 0 fully saturated rings. The zero-order chi connectivity index (χ0) is 40.1. The Balaban J connectivity index is 0.000000794. The molecule has 0 spiro atoms. The van der Waals surface area contributed by atoms with E-state index in [4.69, 9.17) is 10.8 Å². The summed E-state index contributed by atoms with van der Waals surface area (Å²) in [5, 5.41) is 8.76. The quantitative estimate of drug-likeness (QED) is 0.0466. The van der Waals surface area contributed by atoms with Crippen LogP contribution in [0.1, 0.15) is 41.2 Å². The number of hydrogen-bond acceptors (Lipinski definition) is 8. The average Bonchev–Trinajstić information content (AvgIpc) is 2.94. The highest BCUT2D eigenvalue weighted by Gasteiger charge is 2.39. The van der Waals surface area contributed by atoms with Gasteiger partial charge in [0.25, 0.3) is 0 Å². The molecule has 0 bridgehead atoms. The molecule has 0 aliphatic heterocycles. The van der Waals surface area contributed by atoms with E-state index < -0.39 is 72.3 Å². The largest absolute Gasteiger partial charge is 0.504 e. The van der Waals surface area contributed by atoms with E-state index in [1.165, 1.54) is 13.0 Å². The number of rotatable bonds is 10. The number of benzene rings is 2. The molecule has 2 aromatic carbocycles. The molecule has 0 aromatic heterocycles. The second-order valence-electron chi connectivity index (χ2n) is 10.4. The number of nitrogens with two attached hydrogens (primary N) is 1. The molecule has 0 radical (unpaired) electrons. The smallest absolute Gasteiger partial charge is 0.450 e. The number of nitrogen functional groups attached to an aromatic ring is 1. The summed E-state index contributed by atoms with van der Waals surface area (Å²) in [4.78, 5) is 33.0. The minimum Gasteiger partial charge on any atom is -0.504 e. The van der Waals surface area contributed by atoms with Gasteiger partial charge in [-0.3, -0.25) is 14.4 Å². The number of alkyl halides is 12. The van der Waals surface area contributed by atoms with Gasteiger partial charge in [-0.25, -0.2) is 0 Å². The number of ketones is 2. The van der Waals surface area contributed by atoms with Crippen molar-refractivity contribution >= 4 is 46.7 Å². The number of hydrogen-bond donors (Lipinski definition) is 2. The highest BCUT2D eigenvalue weighted by Crippen LogP contribution is 2.33. The molecule has 2 rings (SSSR count). The highest BCUT2D eigenvalue weighted by atomic mass is 32.2. The number of allylic oxidation sites excluding steroid dienone is 2. The van der Waals surface area contributed by atoms with Crippen LogP contribution in [-0.4, -0.2) is 65.5 Å². The lowest BCUT2D eigenvalue weighted by Gasteiger charge is -2.12. The van der Waals surface area contributed by atoms with Crippen molar-refractivity contribution in [2.45, 2.75) is 82.0 Å². The average molecular weight is 792 g/mol. The van der Waals surface area contributed by atoms with Crippen LogP contribution >= 0.6 is 23.5 Å². The van der Waals surface area contributed by atoms with Crippen LogP contribution in [0, 0.1) is 27.7 Å². The molecular weight excluding hydrogens is 758 g/mol. The number of aryl methyl sites for hydroxylation is 4. The van der Waals surface area contributed by atoms with Gasteiger partial charge < -0.3 is 15.6 Å². The third-order valence-corrected chi connectivity index (χ3v) is 8.30. The maximum absolute atomic E-state index is 12.3. The first-order chi connectivity index (χ1) is 23.0. The van der Waals surface area contributed by atoms with Gasteiger partial charge in [0.2, 0.25) is 11.5 Å². The third kappa shape index (κ3) is 20.2. The molecular formula is C31H33F12NO5S2. The van der Waals surface area contributed by atoms with Gasteiger partial charge in [0.05, 0.1) is 18.1 Å². The van der Waals surface area contributed by atoms with E-state index in [9.17, 15) is 67.1 Å². The van der Waals surface area contributed by atoms with E-state index in [0.717, 1.165) is 22.9 Å². The molecule has 0 amide bonds. The normalized spacial score (nSPS) is 12.3. The van der Waals surface area contributed by atoms with Crippen molar-refractivity contribution in [1.82, 2.24) is 0 Å². The van der Waals surface area contributed by atoms with Crippen molar-refractivity contribution in [2.24, 2.45) is 0 Å². The molecule has 20 heteroatoms. The summed E-state index contributed by atoms with van der Waals surface area (Å²) in [6.45, 7) is 8.22. The summed E-state index contributed by atoms with van der Waals surface area (Å²) in [7, 11) is 0. The second kappa shape index (κ2) is 19.9. The molecule has 0 saturated heterocycles. The summed E-state index contributed by atoms with van der Waals surface area (Å²) in [5.74, 6) is -8.23. The Morgan fingerprint density at radius 2 is 1.18 bits per heavy atom. The van der Waals surface area contributed by atoms with Gasteiger partial charge in [-0.05, 0) is 74.6 Å². The van der Waals surface area contributed by atoms with Gasteiger partial charge in [0, 0.05) is 28.0 Å². The predicted molar refractivity (Wildman–Crippen MR) is 168 cm³/mol. The van der Waals surface area contributed by atoms with Crippen molar-refractivity contribution in [3.63, 3.8) is 0 Å². The van der Waals surface area contributed by atoms with E-state index in [-0.39, 0.29) is 12.7 Å². The number of carbonyl (C=O) groups excluding carboxylic acids is 3. The molecule has 51 heavy (non-hydrogen) atoms. The number of aliphatic hydroxyl groups is 1. The molecule has 6 nitrogen and oxygen atoms in total. The first-order valence-electron chi connectivity index (χ1n) is 14.1. The molecule has 2 aromatic rings. The van der Waals surface area contributed by atoms with Crippen molar-refractivity contribution < 1.29 is 76.9 Å². The van der Waals surface area contributed by atoms with Crippen LogP contribution in [0.25, 0.3) is 0 Å². The summed E-state index contributed by atoms with van der Waals surface area (Å²) in [6, 6.07) is 6.32. The Morgan fingerprint density at radius 1 is 0.725 bits per heavy atom. The minimum absolute atomic E-state index is 0.0377. The fourth-order valence-electron chi connectivity index (χ4n) is 3.46. The molecule has 0 saturated carbocycles. The van der Waals surface area contributed by atoms with E-state index in [1.807, 2.05) is 6.92 Å². The number of anilines is 1. The first-order valence-corrected chi connectivity index (χ1v) is 16.1. The van der Waals surface area contributed by atoms with Crippen LogP contribution in [-0.2, 0) is 25.5 Å². The Bertz CT molecular complexity index is 1530. The summed E-state index contributed by atoms with van der Waals surface area (Å²) in [5.41, 5.74) is 9.34. The molecule has 0 unspecified atom stereocenters. The standard InChI is InChI=1S/C15H14F6O2S.C10H12F3NS.C6H7F3O3/c1-8-3-9(2)12(24-7-14(16,17)18)5-10(8)4-11(22)6-13(23)15(19,20)21;1-6-3-7(2)9(4-8(6)14)15-5-10(11,12)13;1-2-12-5(11)3-4(10)6(7,8)9/h3,5-6,23H,4,7H2,1-2H3;3-4H,5,14H2,1-2H3;2-3H2,1H3/b13-6-;;. The fourth-order valence-corrected chi connectivity index (χ4v) is 5.11. The van der Waals surface area contributed by atoms with Crippen molar-refractivity contribution in [3.8, 4) is 0 Å². The van der Waals surface area contributed by atoms with Gasteiger partial charge in [0.1, 0.15) is 6.42 Å². The lowest BCUT2D eigenvalue weighted by molar-refractivity contribution is -0.174. The molecule has 288 valence electrons. The van der Waals surface area contributed by atoms with E-state index >= 15 is 0 Å². The Labute approximate surface area is 293 Å². The SMILES string of the molecule is CCOC(=O)CC(=O)C(F)(F)F.Cc1cc(C)c(SCC(F)(F)F)cc1CC(=O)/C=C(\O)C(F)(F)F.Cc1cc(C)c(SCC(F)(F)F)cc1N. The van der Waals surface area contributed by atoms with Crippen LogP contribution in [0.3, 0.4) is 0 Å². The number of carbonyl (C=O) groups is 3. The molecule has 3 N–H and O–H groups in total. The van der Waals surface area contributed by atoms with Gasteiger partial charge in [-0.1, -0.05) is 12.1 Å². The van der Waals surface area contributed by atoms with Gasteiger partial charge in [-0.2, -0.15) is 52.7 Å². The number of thioether (sulfide) groups is 2. The molecule has 0 heterocycles. The number of ether oxygens (including phenoxy) is 1. The number of Topliss-reactive ketones (excluding diaryl/α,β-unsaturated/α-hetero) is 1. The van der Waals surface area contributed by atoms with Crippen molar-refractivity contribution in [1.29, 1.82) is 0 Å². The molecule has 0 atom stereocenters. The fraction of sp³-hybridized carbons (Fsp3) is 0.452. The lowest BCUT2D eigenvalue weighted by atomic mass is 10.0.